The van der Waals surface area contributed by atoms with Crippen LogP contribution in [0.4, 0.5) is 0 Å². The molecule has 0 aromatic rings. The molecular weight excluding hydrogens is 238 g/mol. The van der Waals surface area contributed by atoms with Crippen molar-refractivity contribution < 1.29 is 9.90 Å². The molecule has 0 aromatic carbocycles. The van der Waals surface area contributed by atoms with Crippen LogP contribution in [0.3, 0.4) is 0 Å². The third-order valence-corrected chi connectivity index (χ3v) is 4.33. The minimum Gasteiger partial charge on any atom is -0.480 e. The van der Waals surface area contributed by atoms with Gasteiger partial charge in [0.15, 0.2) is 0 Å². The Balaban J connectivity index is 2.38. The summed E-state index contributed by atoms with van der Waals surface area (Å²) in [6, 6.07) is 0. The Bertz CT molecular complexity index is 284. The van der Waals surface area contributed by atoms with E-state index in [1.807, 2.05) is 6.08 Å². The second-order valence-electron chi connectivity index (χ2n) is 6.06. The van der Waals surface area contributed by atoms with Crippen LogP contribution in [0.15, 0.2) is 12.7 Å². The van der Waals surface area contributed by atoms with Crippen molar-refractivity contribution >= 4 is 5.97 Å². The number of nitrogens with two attached hydrogens (primary N) is 1. The minimum atomic E-state index is -1.00. The lowest BCUT2D eigenvalue weighted by molar-refractivity contribution is -0.144. The molecule has 1 fully saturated rings. The van der Waals surface area contributed by atoms with Crippen molar-refractivity contribution in [2.75, 3.05) is 0 Å². The zero-order valence-corrected chi connectivity index (χ0v) is 12.1. The molecular formula is C16H29NO2. The first-order valence-electron chi connectivity index (χ1n) is 7.71. The second kappa shape index (κ2) is 8.36. The van der Waals surface area contributed by atoms with Gasteiger partial charge in [-0.2, -0.15) is 0 Å². The van der Waals surface area contributed by atoms with Crippen LogP contribution >= 0.6 is 0 Å². The predicted octanol–water partition coefficient (Wildman–Crippen LogP) is 3.88. The van der Waals surface area contributed by atoms with E-state index in [9.17, 15) is 9.90 Å². The number of hydrogen-bond donors (Lipinski definition) is 2. The molecule has 1 aliphatic rings. The van der Waals surface area contributed by atoms with Gasteiger partial charge >= 0.3 is 5.97 Å². The number of carbonyl (C=O) groups is 1. The average molecular weight is 267 g/mol. The van der Waals surface area contributed by atoms with Gasteiger partial charge in [-0.25, -0.2) is 0 Å². The summed E-state index contributed by atoms with van der Waals surface area (Å²) >= 11 is 0. The number of rotatable bonds is 9. The summed E-state index contributed by atoms with van der Waals surface area (Å²) in [5, 5.41) is 9.42. The first kappa shape index (κ1) is 16.2. The van der Waals surface area contributed by atoms with E-state index in [1.165, 1.54) is 19.3 Å². The third-order valence-electron chi connectivity index (χ3n) is 4.33. The molecule has 1 saturated carbocycles. The largest absolute Gasteiger partial charge is 0.480 e. The molecule has 1 unspecified atom stereocenters. The van der Waals surface area contributed by atoms with Crippen LogP contribution in [0.1, 0.15) is 70.6 Å². The Morgan fingerprint density at radius 1 is 1.26 bits per heavy atom. The van der Waals surface area contributed by atoms with Crippen molar-refractivity contribution in [1.82, 2.24) is 0 Å². The Hall–Kier alpha value is -0.830. The van der Waals surface area contributed by atoms with E-state index in [0.29, 0.717) is 18.8 Å². The monoisotopic (exact) mass is 267 g/mol. The smallest absolute Gasteiger partial charge is 0.323 e. The van der Waals surface area contributed by atoms with Gasteiger partial charge in [-0.1, -0.05) is 51.0 Å². The first-order valence-corrected chi connectivity index (χ1v) is 7.71. The highest BCUT2D eigenvalue weighted by molar-refractivity contribution is 5.78. The van der Waals surface area contributed by atoms with Crippen LogP contribution in [-0.2, 0) is 4.79 Å². The molecule has 3 heteroatoms. The molecule has 1 atom stereocenters. The molecule has 0 bridgehead atoms. The van der Waals surface area contributed by atoms with E-state index in [2.05, 4.69) is 6.58 Å². The van der Waals surface area contributed by atoms with Gasteiger partial charge in [-0.05, 0) is 31.6 Å². The van der Waals surface area contributed by atoms with Crippen LogP contribution < -0.4 is 5.73 Å². The molecule has 0 saturated heterocycles. The van der Waals surface area contributed by atoms with Crippen LogP contribution in [-0.4, -0.2) is 16.6 Å². The summed E-state index contributed by atoms with van der Waals surface area (Å²) in [5.41, 5.74) is 5.16. The van der Waals surface area contributed by atoms with Crippen LogP contribution in [0.25, 0.3) is 0 Å². The van der Waals surface area contributed by atoms with E-state index in [4.69, 9.17) is 5.73 Å². The van der Waals surface area contributed by atoms with Crippen molar-refractivity contribution in [2.24, 2.45) is 11.7 Å². The molecule has 1 rings (SSSR count). The van der Waals surface area contributed by atoms with Crippen molar-refractivity contribution in [3.8, 4) is 0 Å². The first-order chi connectivity index (χ1) is 9.08. The number of carboxylic acids is 1. The lowest BCUT2D eigenvalue weighted by Gasteiger charge is -2.31. The lowest BCUT2D eigenvalue weighted by atomic mass is 9.77. The molecule has 110 valence electrons. The Morgan fingerprint density at radius 2 is 1.95 bits per heavy atom. The van der Waals surface area contributed by atoms with Crippen LogP contribution in [0, 0.1) is 5.92 Å². The molecule has 0 spiro atoms. The minimum absolute atomic E-state index is 0.517. The van der Waals surface area contributed by atoms with Gasteiger partial charge in [-0.3, -0.25) is 4.79 Å². The van der Waals surface area contributed by atoms with E-state index in [-0.39, 0.29) is 0 Å². The number of unbranched alkanes of at least 4 members (excludes halogenated alkanes) is 3. The summed E-state index contributed by atoms with van der Waals surface area (Å²) in [6.45, 7) is 3.69. The van der Waals surface area contributed by atoms with Gasteiger partial charge in [0.25, 0.3) is 0 Å². The SMILES string of the molecule is C=CCCCCCC(N)(CC1CCCCC1)C(=O)O. The summed E-state index contributed by atoms with van der Waals surface area (Å²) in [6.07, 6.45) is 13.3. The molecule has 1 aliphatic carbocycles. The van der Waals surface area contributed by atoms with Crippen molar-refractivity contribution in [1.29, 1.82) is 0 Å². The zero-order valence-electron chi connectivity index (χ0n) is 12.1. The fourth-order valence-corrected chi connectivity index (χ4v) is 3.11. The Labute approximate surface area is 117 Å². The lowest BCUT2D eigenvalue weighted by Crippen LogP contribution is -2.49. The summed E-state index contributed by atoms with van der Waals surface area (Å²) in [4.78, 5) is 11.5. The third kappa shape index (κ3) is 5.77. The standard InChI is InChI=1S/C16H29NO2/c1-2-3-4-5-9-12-16(17,15(18)19)13-14-10-7-6-8-11-14/h2,14H,1,3-13,17H2,(H,18,19). The summed E-state index contributed by atoms with van der Waals surface area (Å²) < 4.78 is 0. The molecule has 3 N–H and O–H groups in total. The maximum absolute atomic E-state index is 11.5. The van der Waals surface area contributed by atoms with E-state index in [0.717, 1.165) is 38.5 Å². The van der Waals surface area contributed by atoms with E-state index >= 15 is 0 Å². The maximum Gasteiger partial charge on any atom is 0.323 e. The van der Waals surface area contributed by atoms with E-state index in [1.54, 1.807) is 0 Å². The van der Waals surface area contributed by atoms with Gasteiger partial charge in [-0.15, -0.1) is 6.58 Å². The van der Waals surface area contributed by atoms with Crippen molar-refractivity contribution in [2.45, 2.75) is 76.2 Å². The van der Waals surface area contributed by atoms with E-state index < -0.39 is 11.5 Å². The molecule has 0 aliphatic heterocycles. The fourth-order valence-electron chi connectivity index (χ4n) is 3.11. The summed E-state index contributed by atoms with van der Waals surface area (Å²) in [5.74, 6) is -0.301. The number of allylic oxidation sites excluding steroid dienone is 1. The maximum atomic E-state index is 11.5. The molecule has 3 nitrogen and oxygen atoms in total. The van der Waals surface area contributed by atoms with Gasteiger partial charge < -0.3 is 10.8 Å². The average Bonchev–Trinajstić information content (AvgIpc) is 2.39. The quantitative estimate of drug-likeness (QED) is 0.492. The Kier molecular flexibility index (Phi) is 7.14. The topological polar surface area (TPSA) is 63.3 Å². The molecule has 0 amide bonds. The second-order valence-corrected chi connectivity index (χ2v) is 6.06. The van der Waals surface area contributed by atoms with Gasteiger partial charge in [0.2, 0.25) is 0 Å². The van der Waals surface area contributed by atoms with Crippen LogP contribution in [0.5, 0.6) is 0 Å². The van der Waals surface area contributed by atoms with Crippen LogP contribution in [0.2, 0.25) is 0 Å². The number of aliphatic carboxylic acids is 1. The zero-order chi connectivity index (χ0) is 14.1. The molecule has 0 radical (unpaired) electrons. The number of hydrogen-bond acceptors (Lipinski definition) is 2. The molecule has 0 heterocycles. The highest BCUT2D eigenvalue weighted by Gasteiger charge is 2.36. The molecule has 0 aromatic heterocycles. The highest BCUT2D eigenvalue weighted by Crippen LogP contribution is 2.32. The predicted molar refractivity (Wildman–Crippen MR) is 79.0 cm³/mol. The number of carboxylic acid groups (broad SMARTS) is 1. The van der Waals surface area contributed by atoms with Gasteiger partial charge in [0.05, 0.1) is 0 Å². The molecule has 19 heavy (non-hydrogen) atoms. The van der Waals surface area contributed by atoms with Crippen molar-refractivity contribution in [3.05, 3.63) is 12.7 Å². The fraction of sp³-hybridized carbons (Fsp3) is 0.812. The Morgan fingerprint density at radius 3 is 2.53 bits per heavy atom. The summed E-state index contributed by atoms with van der Waals surface area (Å²) in [7, 11) is 0. The highest BCUT2D eigenvalue weighted by atomic mass is 16.4. The van der Waals surface area contributed by atoms with Gasteiger partial charge in [0.1, 0.15) is 5.54 Å². The van der Waals surface area contributed by atoms with Crippen molar-refractivity contribution in [3.63, 3.8) is 0 Å². The normalized spacial score (nSPS) is 19.8. The van der Waals surface area contributed by atoms with Gasteiger partial charge in [0, 0.05) is 0 Å².